The summed E-state index contributed by atoms with van der Waals surface area (Å²) in [4.78, 5) is 8.34. The van der Waals surface area contributed by atoms with E-state index in [2.05, 4.69) is 29.4 Å². The number of fused-ring (bicyclic) bond motifs is 1. The van der Waals surface area contributed by atoms with Gasteiger partial charge in [0, 0.05) is 32.2 Å². The molecule has 4 heteroatoms. The van der Waals surface area contributed by atoms with Gasteiger partial charge in [0.25, 0.3) is 0 Å². The van der Waals surface area contributed by atoms with Gasteiger partial charge >= 0.3 is 0 Å². The van der Waals surface area contributed by atoms with Crippen LogP contribution in [0.5, 0.6) is 0 Å². The molecule has 0 spiro atoms. The van der Waals surface area contributed by atoms with E-state index < -0.39 is 0 Å². The Morgan fingerprint density at radius 3 is 2.95 bits per heavy atom. The minimum Gasteiger partial charge on any atom is -0.362 e. The van der Waals surface area contributed by atoms with E-state index in [1.54, 1.807) is 0 Å². The molecule has 0 N–H and O–H groups in total. The minimum absolute atomic E-state index is 0.236. The summed E-state index contributed by atoms with van der Waals surface area (Å²) >= 11 is 0. The van der Waals surface area contributed by atoms with Crippen LogP contribution in [-0.2, 0) is 0 Å². The molecule has 0 unspecified atom stereocenters. The molecule has 0 bridgehead atoms. The quantitative estimate of drug-likeness (QED) is 0.784. The Balaban J connectivity index is 2.06. The van der Waals surface area contributed by atoms with Crippen molar-refractivity contribution in [2.24, 2.45) is 0 Å². The lowest BCUT2D eigenvalue weighted by Crippen LogP contribution is -2.17. The van der Waals surface area contributed by atoms with Crippen LogP contribution in [0.3, 0.4) is 0 Å². The highest BCUT2D eigenvalue weighted by Gasteiger charge is 2.25. The predicted molar refractivity (Wildman–Crippen MR) is 80.4 cm³/mol. The maximum atomic E-state index is 9.19. The van der Waals surface area contributed by atoms with Crippen molar-refractivity contribution < 1.29 is 0 Å². The van der Waals surface area contributed by atoms with Crippen LogP contribution in [-0.4, -0.2) is 30.5 Å². The van der Waals surface area contributed by atoms with Crippen molar-refractivity contribution in [3.63, 3.8) is 0 Å². The number of nitrogens with zero attached hydrogens (tertiary/aromatic N) is 4. The van der Waals surface area contributed by atoms with Crippen molar-refractivity contribution in [3.8, 4) is 6.19 Å². The third-order valence-electron chi connectivity index (χ3n) is 3.96. The second-order valence-corrected chi connectivity index (χ2v) is 5.46. The van der Waals surface area contributed by atoms with E-state index in [0.717, 1.165) is 30.6 Å². The summed E-state index contributed by atoms with van der Waals surface area (Å²) in [6.45, 7) is 0.874. The maximum absolute atomic E-state index is 9.19. The second-order valence-electron chi connectivity index (χ2n) is 5.46. The van der Waals surface area contributed by atoms with Crippen LogP contribution in [0.15, 0.2) is 30.5 Å². The van der Waals surface area contributed by atoms with Crippen LogP contribution >= 0.6 is 0 Å². The van der Waals surface area contributed by atoms with E-state index >= 15 is 0 Å². The molecule has 0 saturated carbocycles. The van der Waals surface area contributed by atoms with E-state index in [9.17, 15) is 5.26 Å². The van der Waals surface area contributed by atoms with Crippen molar-refractivity contribution in [2.45, 2.75) is 18.9 Å². The molecule has 1 aliphatic heterocycles. The standard InChI is InChI=1S/C16H18N4/c1-19(2)16-14-6-5-13(10-12(14)7-8-18-16)15-4-3-9-20(15)11-17/h5-8,10,15H,3-4,9H2,1-2H3/t15-/m1/s1. The predicted octanol–water partition coefficient (Wildman–Crippen LogP) is 2.92. The minimum atomic E-state index is 0.236. The zero-order chi connectivity index (χ0) is 14.1. The van der Waals surface area contributed by atoms with Gasteiger partial charge in [-0.1, -0.05) is 12.1 Å². The molecule has 0 radical (unpaired) electrons. The SMILES string of the molecule is CN(C)c1nccc2cc([C@H]3CCCN3C#N)ccc12. The van der Waals surface area contributed by atoms with Crippen LogP contribution < -0.4 is 4.90 Å². The summed E-state index contributed by atoms with van der Waals surface area (Å²) in [7, 11) is 4.01. The molecular formula is C16H18N4. The molecule has 1 aromatic heterocycles. The van der Waals surface area contributed by atoms with Gasteiger partial charge in [-0.05, 0) is 35.9 Å². The molecule has 3 rings (SSSR count). The summed E-state index contributed by atoms with van der Waals surface area (Å²) in [6.07, 6.45) is 6.30. The fourth-order valence-electron chi connectivity index (χ4n) is 2.98. The number of nitriles is 1. The van der Waals surface area contributed by atoms with Gasteiger partial charge in [0.1, 0.15) is 5.82 Å². The Kier molecular flexibility index (Phi) is 3.19. The molecule has 1 fully saturated rings. The maximum Gasteiger partial charge on any atom is 0.179 e. The zero-order valence-corrected chi connectivity index (χ0v) is 11.9. The summed E-state index contributed by atoms with van der Waals surface area (Å²) in [5.74, 6) is 0.984. The molecule has 2 aromatic rings. The number of hydrogen-bond donors (Lipinski definition) is 0. The Bertz CT molecular complexity index is 672. The summed E-state index contributed by atoms with van der Waals surface area (Å²) in [6, 6.07) is 8.74. The Labute approximate surface area is 119 Å². The average molecular weight is 266 g/mol. The average Bonchev–Trinajstić information content (AvgIpc) is 2.94. The lowest BCUT2D eigenvalue weighted by molar-refractivity contribution is 0.374. The first kappa shape index (κ1) is 12.7. The summed E-state index contributed by atoms with van der Waals surface area (Å²) < 4.78 is 0. The van der Waals surface area contributed by atoms with Crippen LogP contribution in [0.2, 0.25) is 0 Å². The molecule has 0 aliphatic carbocycles. The normalized spacial score (nSPS) is 18.2. The number of benzene rings is 1. The molecule has 1 aromatic carbocycles. The molecule has 1 aliphatic rings. The van der Waals surface area contributed by atoms with Crippen LogP contribution in [0.1, 0.15) is 24.4 Å². The van der Waals surface area contributed by atoms with E-state index in [0.29, 0.717) is 0 Å². The van der Waals surface area contributed by atoms with Crippen molar-refractivity contribution in [1.29, 1.82) is 5.26 Å². The Hall–Kier alpha value is -2.28. The van der Waals surface area contributed by atoms with Gasteiger partial charge in [0.15, 0.2) is 6.19 Å². The van der Waals surface area contributed by atoms with Gasteiger partial charge in [-0.25, -0.2) is 4.98 Å². The largest absolute Gasteiger partial charge is 0.362 e. The van der Waals surface area contributed by atoms with Crippen molar-refractivity contribution >= 4 is 16.6 Å². The second kappa shape index (κ2) is 5.01. The molecule has 20 heavy (non-hydrogen) atoms. The first-order chi connectivity index (χ1) is 9.70. The van der Waals surface area contributed by atoms with Gasteiger partial charge in [0.2, 0.25) is 0 Å². The number of likely N-dealkylation sites (tertiary alicyclic amines) is 1. The van der Waals surface area contributed by atoms with Crippen LogP contribution in [0.25, 0.3) is 10.8 Å². The highest BCUT2D eigenvalue weighted by atomic mass is 15.2. The molecule has 102 valence electrons. The molecule has 1 atom stereocenters. The first-order valence-electron chi connectivity index (χ1n) is 6.93. The van der Waals surface area contributed by atoms with Gasteiger partial charge < -0.3 is 9.80 Å². The number of hydrogen-bond acceptors (Lipinski definition) is 4. The fourth-order valence-corrected chi connectivity index (χ4v) is 2.98. The number of pyridine rings is 1. The van der Waals surface area contributed by atoms with E-state index in [1.165, 1.54) is 10.9 Å². The number of anilines is 1. The molecule has 4 nitrogen and oxygen atoms in total. The Morgan fingerprint density at radius 2 is 2.20 bits per heavy atom. The molecule has 0 amide bonds. The van der Waals surface area contributed by atoms with Crippen molar-refractivity contribution in [1.82, 2.24) is 9.88 Å². The van der Waals surface area contributed by atoms with Crippen molar-refractivity contribution in [2.75, 3.05) is 25.5 Å². The molecule has 1 saturated heterocycles. The Morgan fingerprint density at radius 1 is 1.35 bits per heavy atom. The van der Waals surface area contributed by atoms with Gasteiger partial charge in [-0.15, -0.1) is 0 Å². The fraction of sp³-hybridized carbons (Fsp3) is 0.375. The topological polar surface area (TPSA) is 43.2 Å². The summed E-state index contributed by atoms with van der Waals surface area (Å²) in [5, 5.41) is 11.5. The van der Waals surface area contributed by atoms with Gasteiger partial charge in [-0.3, -0.25) is 0 Å². The lowest BCUT2D eigenvalue weighted by atomic mass is 10.0. The molecule has 2 heterocycles. The van der Waals surface area contributed by atoms with Crippen LogP contribution in [0.4, 0.5) is 5.82 Å². The van der Waals surface area contributed by atoms with Gasteiger partial charge in [0.05, 0.1) is 6.04 Å². The first-order valence-corrected chi connectivity index (χ1v) is 6.93. The van der Waals surface area contributed by atoms with E-state index in [-0.39, 0.29) is 6.04 Å². The highest BCUT2D eigenvalue weighted by molar-refractivity contribution is 5.92. The van der Waals surface area contributed by atoms with Crippen LogP contribution in [0, 0.1) is 11.5 Å². The smallest absolute Gasteiger partial charge is 0.179 e. The molecular weight excluding hydrogens is 248 g/mol. The zero-order valence-electron chi connectivity index (χ0n) is 11.9. The van der Waals surface area contributed by atoms with Gasteiger partial charge in [-0.2, -0.15) is 5.26 Å². The highest BCUT2D eigenvalue weighted by Crippen LogP contribution is 2.33. The monoisotopic (exact) mass is 266 g/mol. The third kappa shape index (κ3) is 2.05. The van der Waals surface area contributed by atoms with E-state index in [1.807, 2.05) is 36.2 Å². The summed E-state index contributed by atoms with van der Waals surface area (Å²) in [5.41, 5.74) is 1.23. The number of rotatable bonds is 2. The number of aromatic nitrogens is 1. The van der Waals surface area contributed by atoms with E-state index in [4.69, 9.17) is 0 Å². The lowest BCUT2D eigenvalue weighted by Gasteiger charge is -2.20. The van der Waals surface area contributed by atoms with Crippen molar-refractivity contribution in [3.05, 3.63) is 36.0 Å². The third-order valence-corrected chi connectivity index (χ3v) is 3.96.